The van der Waals surface area contributed by atoms with E-state index < -0.39 is 0 Å². The lowest BCUT2D eigenvalue weighted by atomic mass is 10.1. The Kier molecular flexibility index (Phi) is 4.23. The molecule has 6 heteroatoms. The monoisotopic (exact) mass is 345 g/mol. The topological polar surface area (TPSA) is 64.7 Å². The first-order valence-electron chi connectivity index (χ1n) is 8.49. The highest BCUT2D eigenvalue weighted by Gasteiger charge is 2.12. The van der Waals surface area contributed by atoms with Crippen molar-refractivity contribution in [2.45, 2.75) is 19.5 Å². The van der Waals surface area contributed by atoms with Crippen molar-refractivity contribution in [1.82, 2.24) is 24.6 Å². The number of rotatable bonds is 5. The standard InChI is InChI=1S/C20H19N5O/c1-15(16-6-4-7-18(11-16)24-10-9-21-14-24)23-20(26)13-25-19-8-3-2-5-17(19)12-22-25/h2-12,14-15H,13H2,1H3,(H,23,26)/t15-/m1/s1. The SMILES string of the molecule is C[C@@H](NC(=O)Cn1ncc2ccccc21)c1cccc(-n2ccnc2)c1. The summed E-state index contributed by atoms with van der Waals surface area (Å²) in [4.78, 5) is 16.5. The average molecular weight is 345 g/mol. The Labute approximate surface area is 151 Å². The minimum atomic E-state index is -0.104. The number of imidazole rings is 1. The summed E-state index contributed by atoms with van der Waals surface area (Å²) in [5.74, 6) is -0.0700. The van der Waals surface area contributed by atoms with Gasteiger partial charge in [0.05, 0.1) is 24.1 Å². The summed E-state index contributed by atoms with van der Waals surface area (Å²) in [6.45, 7) is 2.17. The van der Waals surface area contributed by atoms with Crippen LogP contribution in [-0.4, -0.2) is 25.2 Å². The molecule has 4 aromatic rings. The predicted molar refractivity (Wildman–Crippen MR) is 99.9 cm³/mol. The first-order valence-corrected chi connectivity index (χ1v) is 8.49. The first kappa shape index (κ1) is 16.1. The molecule has 0 bridgehead atoms. The van der Waals surface area contributed by atoms with E-state index in [1.165, 1.54) is 0 Å². The summed E-state index contributed by atoms with van der Waals surface area (Å²) in [5.41, 5.74) is 3.01. The van der Waals surface area contributed by atoms with Crippen LogP contribution in [0.25, 0.3) is 16.6 Å². The van der Waals surface area contributed by atoms with Crippen molar-refractivity contribution >= 4 is 16.8 Å². The van der Waals surface area contributed by atoms with Gasteiger partial charge in [-0.3, -0.25) is 9.48 Å². The van der Waals surface area contributed by atoms with Crippen molar-refractivity contribution in [3.8, 4) is 5.69 Å². The molecule has 2 aromatic carbocycles. The lowest BCUT2D eigenvalue weighted by molar-refractivity contribution is -0.122. The summed E-state index contributed by atoms with van der Waals surface area (Å²) in [7, 11) is 0. The molecule has 1 atom stereocenters. The van der Waals surface area contributed by atoms with Gasteiger partial charge in [0.2, 0.25) is 5.91 Å². The summed E-state index contributed by atoms with van der Waals surface area (Å²) in [6, 6.07) is 15.8. The van der Waals surface area contributed by atoms with Gasteiger partial charge in [-0.25, -0.2) is 4.98 Å². The molecule has 130 valence electrons. The Morgan fingerprint density at radius 1 is 1.19 bits per heavy atom. The lowest BCUT2D eigenvalue weighted by Crippen LogP contribution is -2.30. The predicted octanol–water partition coefficient (Wildman–Crippen LogP) is 3.10. The molecule has 26 heavy (non-hydrogen) atoms. The number of aromatic nitrogens is 4. The second-order valence-electron chi connectivity index (χ2n) is 6.22. The largest absolute Gasteiger partial charge is 0.348 e. The van der Waals surface area contributed by atoms with Crippen LogP contribution in [0.2, 0.25) is 0 Å². The maximum absolute atomic E-state index is 12.5. The average Bonchev–Trinajstić information content (AvgIpc) is 3.32. The van der Waals surface area contributed by atoms with E-state index in [4.69, 9.17) is 0 Å². The van der Waals surface area contributed by atoms with Crippen LogP contribution in [0.4, 0.5) is 0 Å². The van der Waals surface area contributed by atoms with Crippen LogP contribution in [0.1, 0.15) is 18.5 Å². The van der Waals surface area contributed by atoms with Gasteiger partial charge in [0.15, 0.2) is 0 Å². The van der Waals surface area contributed by atoms with Gasteiger partial charge < -0.3 is 9.88 Å². The van der Waals surface area contributed by atoms with E-state index >= 15 is 0 Å². The molecular formula is C20H19N5O. The van der Waals surface area contributed by atoms with Gasteiger partial charge in [0, 0.05) is 23.5 Å². The van der Waals surface area contributed by atoms with Crippen LogP contribution in [0.5, 0.6) is 0 Å². The van der Waals surface area contributed by atoms with Crippen molar-refractivity contribution in [1.29, 1.82) is 0 Å². The fraction of sp³-hybridized carbons (Fsp3) is 0.150. The van der Waals surface area contributed by atoms with E-state index in [0.717, 1.165) is 22.2 Å². The van der Waals surface area contributed by atoms with Crippen molar-refractivity contribution < 1.29 is 4.79 Å². The maximum atomic E-state index is 12.5. The van der Waals surface area contributed by atoms with E-state index in [1.54, 1.807) is 23.4 Å². The molecule has 2 aromatic heterocycles. The third kappa shape index (κ3) is 3.21. The molecule has 0 saturated carbocycles. The van der Waals surface area contributed by atoms with Crippen LogP contribution >= 0.6 is 0 Å². The second-order valence-corrected chi connectivity index (χ2v) is 6.22. The zero-order valence-electron chi connectivity index (χ0n) is 14.4. The van der Waals surface area contributed by atoms with Crippen LogP contribution in [0.3, 0.4) is 0 Å². The number of fused-ring (bicyclic) bond motifs is 1. The molecule has 0 spiro atoms. The zero-order valence-corrected chi connectivity index (χ0v) is 14.4. The third-order valence-corrected chi connectivity index (χ3v) is 4.39. The Morgan fingerprint density at radius 2 is 2.08 bits per heavy atom. The van der Waals surface area contributed by atoms with Crippen LogP contribution in [-0.2, 0) is 11.3 Å². The second kappa shape index (κ2) is 6.84. The van der Waals surface area contributed by atoms with Crippen molar-refractivity contribution in [2.24, 2.45) is 0 Å². The number of nitrogens with one attached hydrogen (secondary N) is 1. The fourth-order valence-corrected chi connectivity index (χ4v) is 3.02. The Bertz CT molecular complexity index is 1040. The number of benzene rings is 2. The van der Waals surface area contributed by atoms with Crippen LogP contribution in [0, 0.1) is 0 Å². The molecule has 0 saturated heterocycles. The lowest BCUT2D eigenvalue weighted by Gasteiger charge is -2.16. The molecule has 1 amide bonds. The molecule has 6 nitrogen and oxygen atoms in total. The highest BCUT2D eigenvalue weighted by atomic mass is 16.2. The number of hydrogen-bond donors (Lipinski definition) is 1. The summed E-state index contributed by atoms with van der Waals surface area (Å²) < 4.78 is 3.66. The number of carbonyl (C=O) groups is 1. The summed E-state index contributed by atoms with van der Waals surface area (Å²) in [5, 5.41) is 8.38. The van der Waals surface area contributed by atoms with Crippen molar-refractivity contribution in [3.05, 3.63) is 79.0 Å². The fourth-order valence-electron chi connectivity index (χ4n) is 3.02. The number of nitrogens with zero attached hydrogens (tertiary/aromatic N) is 4. The van der Waals surface area contributed by atoms with E-state index in [-0.39, 0.29) is 18.5 Å². The Morgan fingerprint density at radius 3 is 2.92 bits per heavy atom. The van der Waals surface area contributed by atoms with E-state index in [2.05, 4.69) is 21.5 Å². The molecule has 0 unspecified atom stereocenters. The number of carbonyl (C=O) groups excluding carboxylic acids is 1. The Balaban J connectivity index is 1.47. The van der Waals surface area contributed by atoms with Gasteiger partial charge in [0.25, 0.3) is 0 Å². The quantitative estimate of drug-likeness (QED) is 0.604. The molecule has 0 fully saturated rings. The maximum Gasteiger partial charge on any atom is 0.242 e. The van der Waals surface area contributed by atoms with Gasteiger partial charge in [-0.15, -0.1) is 0 Å². The van der Waals surface area contributed by atoms with Crippen LogP contribution in [0.15, 0.2) is 73.4 Å². The zero-order chi connectivity index (χ0) is 17.9. The van der Waals surface area contributed by atoms with Gasteiger partial charge in [-0.05, 0) is 30.7 Å². The molecule has 2 heterocycles. The molecule has 4 rings (SSSR count). The van der Waals surface area contributed by atoms with E-state index in [9.17, 15) is 4.79 Å². The highest BCUT2D eigenvalue weighted by molar-refractivity contribution is 5.82. The molecule has 0 aliphatic carbocycles. The summed E-state index contributed by atoms with van der Waals surface area (Å²) >= 11 is 0. The normalized spacial score (nSPS) is 12.2. The van der Waals surface area contributed by atoms with Gasteiger partial charge in [0.1, 0.15) is 6.54 Å². The molecule has 0 aliphatic heterocycles. The molecule has 1 N–H and O–H groups in total. The van der Waals surface area contributed by atoms with Gasteiger partial charge in [-0.1, -0.05) is 30.3 Å². The number of amides is 1. The smallest absolute Gasteiger partial charge is 0.242 e. The van der Waals surface area contributed by atoms with E-state index in [1.807, 2.05) is 60.2 Å². The Hall–Kier alpha value is -3.41. The number of hydrogen-bond acceptors (Lipinski definition) is 3. The minimum Gasteiger partial charge on any atom is -0.348 e. The third-order valence-electron chi connectivity index (χ3n) is 4.39. The highest BCUT2D eigenvalue weighted by Crippen LogP contribution is 2.17. The van der Waals surface area contributed by atoms with Gasteiger partial charge in [-0.2, -0.15) is 5.10 Å². The minimum absolute atomic E-state index is 0.0700. The first-order chi connectivity index (χ1) is 12.7. The molecular weight excluding hydrogens is 326 g/mol. The number of para-hydroxylation sites is 1. The summed E-state index contributed by atoms with van der Waals surface area (Å²) in [6.07, 6.45) is 7.17. The van der Waals surface area contributed by atoms with Gasteiger partial charge >= 0.3 is 0 Å². The molecule has 0 radical (unpaired) electrons. The van der Waals surface area contributed by atoms with Crippen molar-refractivity contribution in [3.63, 3.8) is 0 Å². The molecule has 0 aliphatic rings. The van der Waals surface area contributed by atoms with Crippen LogP contribution < -0.4 is 5.32 Å². The van der Waals surface area contributed by atoms with Crippen molar-refractivity contribution in [2.75, 3.05) is 0 Å². The van der Waals surface area contributed by atoms with E-state index in [0.29, 0.717) is 0 Å².